The number of rotatable bonds is 6. The minimum atomic E-state index is 0.131. The van der Waals surface area contributed by atoms with Gasteiger partial charge in [0, 0.05) is 24.1 Å². The molecular weight excluding hydrogens is 242 g/mol. The van der Waals surface area contributed by atoms with E-state index < -0.39 is 0 Å². The molecule has 1 unspecified atom stereocenters. The van der Waals surface area contributed by atoms with Crippen molar-refractivity contribution in [1.82, 2.24) is 5.32 Å². The van der Waals surface area contributed by atoms with Gasteiger partial charge in [-0.1, -0.05) is 6.07 Å². The minimum absolute atomic E-state index is 0.131. The molecule has 0 saturated heterocycles. The molecule has 0 bridgehead atoms. The summed E-state index contributed by atoms with van der Waals surface area (Å²) in [6.07, 6.45) is 2.46. The Hall–Kier alpha value is -1.94. The highest BCUT2D eigenvalue weighted by Crippen LogP contribution is 2.31. The van der Waals surface area contributed by atoms with Crippen LogP contribution in [0.5, 0.6) is 11.5 Å². The first-order valence-electron chi connectivity index (χ1n) is 6.20. The van der Waals surface area contributed by atoms with Crippen molar-refractivity contribution in [2.75, 3.05) is 21.3 Å². The third-order valence-electron chi connectivity index (χ3n) is 3.15. The van der Waals surface area contributed by atoms with Gasteiger partial charge in [-0.05, 0) is 25.2 Å². The van der Waals surface area contributed by atoms with E-state index in [4.69, 9.17) is 13.9 Å². The lowest BCUT2D eigenvalue weighted by Gasteiger charge is -2.19. The van der Waals surface area contributed by atoms with Gasteiger partial charge in [-0.3, -0.25) is 0 Å². The van der Waals surface area contributed by atoms with Crippen LogP contribution in [0.2, 0.25) is 0 Å². The summed E-state index contributed by atoms with van der Waals surface area (Å²) in [6.45, 7) is 0. The molecule has 0 radical (unpaired) electrons. The smallest absolute Gasteiger partial charge is 0.127 e. The fraction of sp³-hybridized carbons (Fsp3) is 0.333. The minimum Gasteiger partial charge on any atom is -0.497 e. The van der Waals surface area contributed by atoms with E-state index in [0.717, 1.165) is 29.2 Å². The highest BCUT2D eigenvalue weighted by molar-refractivity contribution is 5.42. The van der Waals surface area contributed by atoms with Crippen LogP contribution in [-0.2, 0) is 6.42 Å². The average Bonchev–Trinajstić information content (AvgIpc) is 2.97. The quantitative estimate of drug-likeness (QED) is 0.868. The largest absolute Gasteiger partial charge is 0.497 e. The summed E-state index contributed by atoms with van der Waals surface area (Å²) in [7, 11) is 5.24. The van der Waals surface area contributed by atoms with Gasteiger partial charge in [0.15, 0.2) is 0 Å². The SMILES string of the molecule is CNC(Cc1ccco1)c1ccc(OC)cc1OC. The van der Waals surface area contributed by atoms with Gasteiger partial charge < -0.3 is 19.2 Å². The molecule has 0 fully saturated rings. The Kier molecular flexibility index (Phi) is 4.47. The number of hydrogen-bond acceptors (Lipinski definition) is 4. The van der Waals surface area contributed by atoms with Gasteiger partial charge in [-0.15, -0.1) is 0 Å². The summed E-state index contributed by atoms with van der Waals surface area (Å²) in [5.74, 6) is 2.54. The van der Waals surface area contributed by atoms with Gasteiger partial charge >= 0.3 is 0 Å². The second-order valence-corrected chi connectivity index (χ2v) is 4.23. The lowest BCUT2D eigenvalue weighted by atomic mass is 10.0. The molecular formula is C15H19NO3. The van der Waals surface area contributed by atoms with Crippen LogP contribution in [0.1, 0.15) is 17.4 Å². The summed E-state index contributed by atoms with van der Waals surface area (Å²) < 4.78 is 16.1. The number of likely N-dealkylation sites (N-methyl/N-ethyl adjacent to an activating group) is 1. The van der Waals surface area contributed by atoms with Crippen molar-refractivity contribution in [3.8, 4) is 11.5 Å². The van der Waals surface area contributed by atoms with E-state index in [-0.39, 0.29) is 6.04 Å². The Morgan fingerprint density at radius 3 is 2.63 bits per heavy atom. The molecule has 1 heterocycles. The summed E-state index contributed by atoms with van der Waals surface area (Å²) in [4.78, 5) is 0. The predicted molar refractivity (Wildman–Crippen MR) is 73.8 cm³/mol. The lowest BCUT2D eigenvalue weighted by Crippen LogP contribution is -2.19. The zero-order valence-corrected chi connectivity index (χ0v) is 11.5. The maximum Gasteiger partial charge on any atom is 0.127 e. The molecule has 19 heavy (non-hydrogen) atoms. The fourth-order valence-corrected chi connectivity index (χ4v) is 2.10. The average molecular weight is 261 g/mol. The molecule has 1 aromatic heterocycles. The topological polar surface area (TPSA) is 43.6 Å². The van der Waals surface area contributed by atoms with Crippen LogP contribution >= 0.6 is 0 Å². The molecule has 4 heteroatoms. The van der Waals surface area contributed by atoms with Crippen molar-refractivity contribution >= 4 is 0 Å². The zero-order valence-electron chi connectivity index (χ0n) is 11.5. The third-order valence-corrected chi connectivity index (χ3v) is 3.15. The van der Waals surface area contributed by atoms with Crippen molar-refractivity contribution in [1.29, 1.82) is 0 Å². The highest BCUT2D eigenvalue weighted by atomic mass is 16.5. The van der Waals surface area contributed by atoms with E-state index in [9.17, 15) is 0 Å². The van der Waals surface area contributed by atoms with Gasteiger partial charge in [-0.25, -0.2) is 0 Å². The number of methoxy groups -OCH3 is 2. The first kappa shape index (κ1) is 13.5. The van der Waals surface area contributed by atoms with Gasteiger partial charge in [0.05, 0.1) is 20.5 Å². The maximum absolute atomic E-state index is 5.44. The Labute approximate surface area is 113 Å². The van der Waals surface area contributed by atoms with Crippen LogP contribution in [0.4, 0.5) is 0 Å². The molecule has 0 spiro atoms. The molecule has 0 saturated carbocycles. The first-order chi connectivity index (χ1) is 9.28. The van der Waals surface area contributed by atoms with Crippen LogP contribution < -0.4 is 14.8 Å². The summed E-state index contributed by atoms with van der Waals surface area (Å²) in [6, 6.07) is 9.84. The molecule has 2 rings (SSSR count). The monoisotopic (exact) mass is 261 g/mol. The van der Waals surface area contributed by atoms with Crippen molar-refractivity contribution in [3.63, 3.8) is 0 Å². The number of nitrogens with one attached hydrogen (secondary N) is 1. The number of benzene rings is 1. The molecule has 1 N–H and O–H groups in total. The molecule has 1 aromatic carbocycles. The van der Waals surface area contributed by atoms with E-state index in [2.05, 4.69) is 5.32 Å². The van der Waals surface area contributed by atoms with Crippen molar-refractivity contribution < 1.29 is 13.9 Å². The van der Waals surface area contributed by atoms with Crippen molar-refractivity contribution in [2.24, 2.45) is 0 Å². The molecule has 4 nitrogen and oxygen atoms in total. The van der Waals surface area contributed by atoms with Crippen molar-refractivity contribution in [2.45, 2.75) is 12.5 Å². The standard InChI is InChI=1S/C15H19NO3/c1-16-14(9-12-5-4-8-19-12)13-7-6-11(17-2)10-15(13)18-3/h4-8,10,14,16H,9H2,1-3H3. The Morgan fingerprint density at radius 1 is 1.21 bits per heavy atom. The molecule has 102 valence electrons. The molecule has 0 amide bonds. The third kappa shape index (κ3) is 3.09. The Balaban J connectivity index is 2.26. The number of furan rings is 1. The molecule has 0 aliphatic carbocycles. The van der Waals surface area contributed by atoms with E-state index in [0.29, 0.717) is 0 Å². The zero-order chi connectivity index (χ0) is 13.7. The van der Waals surface area contributed by atoms with Gasteiger partial charge in [0.1, 0.15) is 17.3 Å². The second-order valence-electron chi connectivity index (χ2n) is 4.23. The fourth-order valence-electron chi connectivity index (χ4n) is 2.10. The normalized spacial score (nSPS) is 12.2. The van der Waals surface area contributed by atoms with Crippen LogP contribution in [0.3, 0.4) is 0 Å². The Morgan fingerprint density at radius 2 is 2.05 bits per heavy atom. The van der Waals surface area contributed by atoms with Crippen LogP contribution in [0.25, 0.3) is 0 Å². The molecule has 0 aliphatic rings. The van der Waals surface area contributed by atoms with Gasteiger partial charge in [0.25, 0.3) is 0 Å². The maximum atomic E-state index is 5.44. The predicted octanol–water partition coefficient (Wildman–Crippen LogP) is 2.80. The number of hydrogen-bond donors (Lipinski definition) is 1. The first-order valence-corrected chi connectivity index (χ1v) is 6.20. The van der Waals surface area contributed by atoms with Gasteiger partial charge in [0.2, 0.25) is 0 Å². The molecule has 2 aromatic rings. The summed E-state index contributed by atoms with van der Waals surface area (Å²) >= 11 is 0. The van der Waals surface area contributed by atoms with Crippen LogP contribution in [0, 0.1) is 0 Å². The van der Waals surface area contributed by atoms with E-state index in [1.165, 1.54) is 0 Å². The van der Waals surface area contributed by atoms with Crippen molar-refractivity contribution in [3.05, 3.63) is 47.9 Å². The lowest BCUT2D eigenvalue weighted by molar-refractivity contribution is 0.382. The number of ether oxygens (including phenoxy) is 2. The van der Waals surface area contributed by atoms with Crippen LogP contribution in [-0.4, -0.2) is 21.3 Å². The highest BCUT2D eigenvalue weighted by Gasteiger charge is 2.16. The molecule has 0 aliphatic heterocycles. The van der Waals surface area contributed by atoms with E-state index >= 15 is 0 Å². The summed E-state index contributed by atoms with van der Waals surface area (Å²) in [5.41, 5.74) is 1.09. The van der Waals surface area contributed by atoms with Gasteiger partial charge in [-0.2, -0.15) is 0 Å². The summed E-state index contributed by atoms with van der Waals surface area (Å²) in [5, 5.41) is 3.29. The molecule has 1 atom stereocenters. The second kappa shape index (κ2) is 6.29. The van der Waals surface area contributed by atoms with Crippen LogP contribution in [0.15, 0.2) is 41.0 Å². The van der Waals surface area contributed by atoms with E-state index in [1.54, 1.807) is 20.5 Å². The van der Waals surface area contributed by atoms with E-state index in [1.807, 2.05) is 37.4 Å². The Bertz CT molecular complexity index is 508.